The zero-order chi connectivity index (χ0) is 11.4. The van der Waals surface area contributed by atoms with Gasteiger partial charge in [-0.25, -0.2) is 4.79 Å². The first kappa shape index (κ1) is 10.2. The summed E-state index contributed by atoms with van der Waals surface area (Å²) < 4.78 is 6.37. The Bertz CT molecular complexity index is 551. The van der Waals surface area contributed by atoms with E-state index < -0.39 is 6.09 Å². The van der Waals surface area contributed by atoms with Gasteiger partial charge in [0.2, 0.25) is 0 Å². The van der Waals surface area contributed by atoms with Crippen LogP contribution in [-0.2, 0) is 4.74 Å². The Kier molecular flexibility index (Phi) is 2.88. The summed E-state index contributed by atoms with van der Waals surface area (Å²) in [7, 11) is 0. The van der Waals surface area contributed by atoms with Gasteiger partial charge in [0.15, 0.2) is 0 Å². The third-order valence-corrected chi connectivity index (χ3v) is 2.24. The smallest absolute Gasteiger partial charge is 0.418 e. The molecule has 16 heavy (non-hydrogen) atoms. The summed E-state index contributed by atoms with van der Waals surface area (Å²) in [6, 6.07) is 11.3. The molecule has 0 aliphatic carbocycles. The van der Waals surface area contributed by atoms with E-state index >= 15 is 0 Å². The first-order chi connectivity index (χ1) is 7.83. The van der Waals surface area contributed by atoms with E-state index in [1.807, 2.05) is 36.4 Å². The highest BCUT2D eigenvalue weighted by molar-refractivity contribution is 5.89. The fraction of sp³-hybridized carbons (Fsp3) is 0.167. The molecule has 0 fully saturated rings. The molecule has 0 saturated heterocycles. The molecule has 0 N–H and O–H groups in total. The van der Waals surface area contributed by atoms with E-state index in [9.17, 15) is 4.79 Å². The number of carbonyl (C=O) groups is 1. The van der Waals surface area contributed by atoms with Crippen molar-refractivity contribution in [3.63, 3.8) is 0 Å². The molecule has 0 aliphatic heterocycles. The third-order valence-electron chi connectivity index (χ3n) is 2.24. The highest BCUT2D eigenvalue weighted by atomic mass is 16.5. The van der Waals surface area contributed by atoms with Crippen molar-refractivity contribution in [2.24, 2.45) is 0 Å². The van der Waals surface area contributed by atoms with Gasteiger partial charge in [-0.2, -0.15) is 5.26 Å². The second-order valence-corrected chi connectivity index (χ2v) is 3.27. The molecule has 0 bridgehead atoms. The zero-order valence-corrected chi connectivity index (χ0v) is 8.59. The van der Waals surface area contributed by atoms with E-state index in [2.05, 4.69) is 0 Å². The number of hydrogen-bond donors (Lipinski definition) is 0. The lowest BCUT2D eigenvalue weighted by Crippen LogP contribution is -2.12. The lowest BCUT2D eigenvalue weighted by molar-refractivity contribution is 0.151. The van der Waals surface area contributed by atoms with Gasteiger partial charge >= 0.3 is 6.09 Å². The van der Waals surface area contributed by atoms with Gasteiger partial charge in [0.25, 0.3) is 0 Å². The summed E-state index contributed by atoms with van der Waals surface area (Å²) in [6.07, 6.45) is 1.43. The molecule has 0 radical (unpaired) electrons. The number of nitriles is 1. The Labute approximate surface area is 92.7 Å². The Morgan fingerprint density at radius 1 is 1.38 bits per heavy atom. The number of ether oxygens (including phenoxy) is 1. The largest absolute Gasteiger partial charge is 0.448 e. The zero-order valence-electron chi connectivity index (χ0n) is 8.59. The minimum Gasteiger partial charge on any atom is -0.448 e. The molecule has 0 amide bonds. The molecule has 4 nitrogen and oxygen atoms in total. The summed E-state index contributed by atoms with van der Waals surface area (Å²) >= 11 is 0. The Morgan fingerprint density at radius 2 is 2.19 bits per heavy atom. The van der Waals surface area contributed by atoms with Gasteiger partial charge in [-0.1, -0.05) is 18.2 Å². The molecule has 1 aromatic heterocycles. The van der Waals surface area contributed by atoms with Gasteiger partial charge < -0.3 is 4.74 Å². The minimum absolute atomic E-state index is 0.127. The van der Waals surface area contributed by atoms with Crippen LogP contribution < -0.4 is 0 Å². The molecule has 0 atom stereocenters. The molecule has 2 aromatic rings. The molecular weight excluding hydrogens is 204 g/mol. The maximum atomic E-state index is 11.6. The number of aromatic nitrogens is 1. The molecule has 80 valence electrons. The number of carbonyl (C=O) groups excluding carboxylic acids is 1. The van der Waals surface area contributed by atoms with Crippen LogP contribution in [0.3, 0.4) is 0 Å². The molecule has 1 heterocycles. The SMILES string of the molecule is N#CCCOC(=O)n1ccc2ccccc21. The molecule has 0 spiro atoms. The van der Waals surface area contributed by atoms with Crippen molar-refractivity contribution in [1.82, 2.24) is 4.57 Å². The van der Waals surface area contributed by atoms with E-state index in [0.29, 0.717) is 0 Å². The molecule has 0 aliphatic rings. The number of benzene rings is 1. The average molecular weight is 214 g/mol. The van der Waals surface area contributed by atoms with Crippen molar-refractivity contribution >= 4 is 17.0 Å². The van der Waals surface area contributed by atoms with Gasteiger partial charge in [0, 0.05) is 11.6 Å². The number of para-hydroxylation sites is 1. The quantitative estimate of drug-likeness (QED) is 0.722. The third kappa shape index (κ3) is 1.89. The predicted molar refractivity (Wildman–Crippen MR) is 58.9 cm³/mol. The highest BCUT2D eigenvalue weighted by Crippen LogP contribution is 2.15. The second-order valence-electron chi connectivity index (χ2n) is 3.27. The Balaban J connectivity index is 2.20. The van der Waals surface area contributed by atoms with Crippen LogP contribution in [0.15, 0.2) is 36.5 Å². The molecular formula is C12H10N2O2. The Hall–Kier alpha value is -2.28. The van der Waals surface area contributed by atoms with E-state index in [1.165, 1.54) is 4.57 Å². The van der Waals surface area contributed by atoms with Crippen molar-refractivity contribution in [3.8, 4) is 6.07 Å². The maximum Gasteiger partial charge on any atom is 0.418 e. The van der Waals surface area contributed by atoms with Crippen molar-refractivity contribution in [1.29, 1.82) is 5.26 Å². The first-order valence-electron chi connectivity index (χ1n) is 4.93. The summed E-state index contributed by atoms with van der Waals surface area (Å²) in [5, 5.41) is 9.32. The van der Waals surface area contributed by atoms with Crippen molar-refractivity contribution < 1.29 is 9.53 Å². The number of hydrogen-bond acceptors (Lipinski definition) is 3. The van der Waals surface area contributed by atoms with Crippen LogP contribution in [0.1, 0.15) is 6.42 Å². The van der Waals surface area contributed by atoms with Crippen molar-refractivity contribution in [3.05, 3.63) is 36.5 Å². The number of fused-ring (bicyclic) bond motifs is 1. The maximum absolute atomic E-state index is 11.6. The van der Waals surface area contributed by atoms with Crippen LogP contribution in [0.4, 0.5) is 4.79 Å². The van der Waals surface area contributed by atoms with Crippen molar-refractivity contribution in [2.45, 2.75) is 6.42 Å². The molecule has 1 aromatic carbocycles. The fourth-order valence-electron chi connectivity index (χ4n) is 1.50. The van der Waals surface area contributed by atoms with Crippen LogP contribution in [0.2, 0.25) is 0 Å². The van der Waals surface area contributed by atoms with Gasteiger partial charge in [-0.15, -0.1) is 0 Å². The van der Waals surface area contributed by atoms with E-state index in [4.69, 9.17) is 10.00 Å². The minimum atomic E-state index is -0.448. The molecule has 0 saturated carbocycles. The van der Waals surface area contributed by atoms with Crippen LogP contribution in [0.5, 0.6) is 0 Å². The Morgan fingerprint density at radius 3 is 3.00 bits per heavy atom. The predicted octanol–water partition coefficient (Wildman–Crippen LogP) is 2.54. The lowest BCUT2D eigenvalue weighted by atomic mass is 10.2. The second kappa shape index (κ2) is 4.49. The van der Waals surface area contributed by atoms with Crippen molar-refractivity contribution in [2.75, 3.05) is 6.61 Å². The lowest BCUT2D eigenvalue weighted by Gasteiger charge is -2.04. The molecule has 4 heteroatoms. The van der Waals surface area contributed by atoms with E-state index in [1.54, 1.807) is 6.20 Å². The normalized spacial score (nSPS) is 9.94. The van der Waals surface area contributed by atoms with E-state index in [-0.39, 0.29) is 13.0 Å². The standard InChI is InChI=1S/C12H10N2O2/c13-7-3-9-16-12(15)14-8-6-10-4-1-2-5-11(10)14/h1-2,4-6,8H,3,9H2. The number of rotatable bonds is 2. The first-order valence-corrected chi connectivity index (χ1v) is 4.93. The summed E-state index contributed by atoms with van der Waals surface area (Å²) in [6.45, 7) is 0.127. The van der Waals surface area contributed by atoms with Crippen LogP contribution in [0.25, 0.3) is 10.9 Å². The topological polar surface area (TPSA) is 55.0 Å². The monoisotopic (exact) mass is 214 g/mol. The highest BCUT2D eigenvalue weighted by Gasteiger charge is 2.08. The van der Waals surface area contributed by atoms with E-state index in [0.717, 1.165) is 10.9 Å². The van der Waals surface area contributed by atoms with Gasteiger partial charge in [-0.05, 0) is 12.1 Å². The summed E-state index contributed by atoms with van der Waals surface area (Å²) in [4.78, 5) is 11.6. The van der Waals surface area contributed by atoms with Crippen LogP contribution >= 0.6 is 0 Å². The molecule has 2 rings (SSSR count). The van der Waals surface area contributed by atoms with Gasteiger partial charge in [0.1, 0.15) is 6.61 Å². The number of nitrogens with zero attached hydrogens (tertiary/aromatic N) is 2. The summed E-state index contributed by atoms with van der Waals surface area (Å²) in [5.41, 5.74) is 0.810. The molecule has 0 unspecified atom stereocenters. The fourth-order valence-corrected chi connectivity index (χ4v) is 1.50. The van der Waals surface area contributed by atoms with Crippen LogP contribution in [0, 0.1) is 11.3 Å². The van der Waals surface area contributed by atoms with Gasteiger partial charge in [-0.3, -0.25) is 4.57 Å². The summed E-state index contributed by atoms with van der Waals surface area (Å²) in [5.74, 6) is 0. The van der Waals surface area contributed by atoms with Crippen LogP contribution in [-0.4, -0.2) is 17.3 Å². The van der Waals surface area contributed by atoms with Gasteiger partial charge in [0.05, 0.1) is 18.0 Å². The average Bonchev–Trinajstić information content (AvgIpc) is 2.73.